The average molecular weight is 262 g/mol. The Labute approximate surface area is 116 Å². The van der Waals surface area contributed by atoms with Crippen LogP contribution in [0.25, 0.3) is 0 Å². The van der Waals surface area contributed by atoms with Gasteiger partial charge in [0.05, 0.1) is 0 Å². The van der Waals surface area contributed by atoms with Gasteiger partial charge in [0.25, 0.3) is 0 Å². The lowest BCUT2D eigenvalue weighted by molar-refractivity contribution is 0.700. The molecule has 0 unspecified atom stereocenters. The predicted octanol–water partition coefficient (Wildman–Crippen LogP) is 3.24. The number of rotatable bonds is 8. The van der Waals surface area contributed by atoms with E-state index in [0.717, 1.165) is 37.0 Å². The van der Waals surface area contributed by atoms with E-state index < -0.39 is 0 Å². The lowest BCUT2D eigenvalue weighted by atomic mass is 10.3. The van der Waals surface area contributed by atoms with E-state index >= 15 is 0 Å². The Kier molecular flexibility index (Phi) is 5.00. The third kappa shape index (κ3) is 3.82. The van der Waals surface area contributed by atoms with Crippen molar-refractivity contribution < 1.29 is 0 Å². The van der Waals surface area contributed by atoms with Gasteiger partial charge in [-0.3, -0.25) is 0 Å². The second kappa shape index (κ2) is 6.73. The van der Waals surface area contributed by atoms with Crippen LogP contribution in [0.3, 0.4) is 0 Å². The van der Waals surface area contributed by atoms with Crippen molar-refractivity contribution in [3.8, 4) is 0 Å². The van der Waals surface area contributed by atoms with Crippen molar-refractivity contribution in [1.29, 1.82) is 0 Å². The van der Waals surface area contributed by atoms with Crippen LogP contribution in [-0.2, 0) is 6.42 Å². The predicted molar refractivity (Wildman–Crippen MR) is 80.8 cm³/mol. The van der Waals surface area contributed by atoms with E-state index in [4.69, 9.17) is 4.98 Å². The molecule has 1 heterocycles. The van der Waals surface area contributed by atoms with Gasteiger partial charge < -0.3 is 10.2 Å². The van der Waals surface area contributed by atoms with Crippen molar-refractivity contribution in [2.75, 3.05) is 23.3 Å². The maximum Gasteiger partial charge on any atom is 0.134 e. The molecule has 0 aromatic carbocycles. The minimum absolute atomic E-state index is 0.709. The van der Waals surface area contributed by atoms with Gasteiger partial charge in [-0.25, -0.2) is 9.97 Å². The highest BCUT2D eigenvalue weighted by atomic mass is 15.2. The molecule has 0 aliphatic heterocycles. The molecule has 4 nitrogen and oxygen atoms in total. The summed E-state index contributed by atoms with van der Waals surface area (Å²) < 4.78 is 0. The Morgan fingerprint density at radius 2 is 2.05 bits per heavy atom. The lowest BCUT2D eigenvalue weighted by Crippen LogP contribution is -2.28. The van der Waals surface area contributed by atoms with E-state index in [0.29, 0.717) is 6.04 Å². The van der Waals surface area contributed by atoms with Crippen LogP contribution in [0.2, 0.25) is 0 Å². The van der Waals surface area contributed by atoms with Crippen molar-refractivity contribution in [3.63, 3.8) is 0 Å². The minimum Gasteiger partial charge on any atom is -0.370 e. The fourth-order valence-corrected chi connectivity index (χ4v) is 2.26. The summed E-state index contributed by atoms with van der Waals surface area (Å²) in [7, 11) is 0. The number of nitrogens with zero attached hydrogens (tertiary/aromatic N) is 3. The first kappa shape index (κ1) is 14.1. The Morgan fingerprint density at radius 3 is 2.63 bits per heavy atom. The molecule has 0 bridgehead atoms. The molecule has 106 valence electrons. The van der Waals surface area contributed by atoms with Crippen LogP contribution in [-0.4, -0.2) is 29.1 Å². The largest absolute Gasteiger partial charge is 0.370 e. The van der Waals surface area contributed by atoms with Gasteiger partial charge in [0, 0.05) is 31.6 Å². The van der Waals surface area contributed by atoms with Gasteiger partial charge in [-0.2, -0.15) is 0 Å². The number of hydrogen-bond donors (Lipinski definition) is 1. The summed E-state index contributed by atoms with van der Waals surface area (Å²) in [5, 5.41) is 3.32. The fraction of sp³-hybridized carbons (Fsp3) is 0.733. The zero-order valence-corrected chi connectivity index (χ0v) is 12.4. The molecule has 1 aromatic rings. The molecule has 2 rings (SSSR count). The van der Waals surface area contributed by atoms with Crippen LogP contribution in [0.1, 0.15) is 52.3 Å². The third-order valence-corrected chi connectivity index (χ3v) is 3.47. The smallest absolute Gasteiger partial charge is 0.134 e. The van der Waals surface area contributed by atoms with E-state index in [9.17, 15) is 0 Å². The number of nitrogens with one attached hydrogen (secondary N) is 1. The lowest BCUT2D eigenvalue weighted by Gasteiger charge is -2.24. The highest BCUT2D eigenvalue weighted by molar-refractivity contribution is 5.51. The summed E-state index contributed by atoms with van der Waals surface area (Å²) in [6, 6.07) is 2.82. The molecule has 0 amide bonds. The summed E-state index contributed by atoms with van der Waals surface area (Å²) in [5.74, 6) is 3.01. The molecule has 1 aliphatic rings. The highest BCUT2D eigenvalue weighted by Crippen LogP contribution is 2.31. The Balaban J connectivity index is 2.21. The van der Waals surface area contributed by atoms with Crippen LogP contribution >= 0.6 is 0 Å². The molecule has 1 aromatic heterocycles. The summed E-state index contributed by atoms with van der Waals surface area (Å²) in [4.78, 5) is 11.7. The molecule has 4 heteroatoms. The monoisotopic (exact) mass is 262 g/mol. The number of aromatic nitrogens is 2. The van der Waals surface area contributed by atoms with Crippen molar-refractivity contribution in [1.82, 2.24) is 9.97 Å². The van der Waals surface area contributed by atoms with Crippen LogP contribution < -0.4 is 10.2 Å². The van der Waals surface area contributed by atoms with Gasteiger partial charge in [0.1, 0.15) is 17.5 Å². The molecular weight excluding hydrogens is 236 g/mol. The zero-order chi connectivity index (χ0) is 13.7. The van der Waals surface area contributed by atoms with E-state index in [1.165, 1.54) is 25.7 Å². The SMILES string of the molecule is CCCCN(c1cc(NCC)nc(CC)n1)C1CC1. The topological polar surface area (TPSA) is 41.0 Å². The van der Waals surface area contributed by atoms with Crippen LogP contribution in [0.15, 0.2) is 6.07 Å². The highest BCUT2D eigenvalue weighted by Gasteiger charge is 2.30. The summed E-state index contributed by atoms with van der Waals surface area (Å²) in [5.41, 5.74) is 0. The van der Waals surface area contributed by atoms with Crippen LogP contribution in [0.4, 0.5) is 11.6 Å². The molecule has 0 spiro atoms. The Bertz CT molecular complexity index is 401. The second-order valence-corrected chi connectivity index (χ2v) is 5.19. The fourth-order valence-electron chi connectivity index (χ4n) is 2.26. The molecule has 0 saturated heterocycles. The van der Waals surface area contributed by atoms with Crippen molar-refractivity contribution in [2.45, 2.75) is 58.9 Å². The molecule has 0 radical (unpaired) electrons. The van der Waals surface area contributed by atoms with Crippen molar-refractivity contribution in [2.24, 2.45) is 0 Å². The standard InChI is InChI=1S/C15H26N4/c1-4-7-10-19(12-8-9-12)15-11-14(16-6-3)17-13(5-2)18-15/h11-12H,4-10H2,1-3H3,(H,16,17,18). The molecule has 19 heavy (non-hydrogen) atoms. The molecule has 1 fully saturated rings. The number of unbranched alkanes of at least 4 members (excludes halogenated alkanes) is 1. The average Bonchev–Trinajstić information content (AvgIpc) is 3.24. The quantitative estimate of drug-likeness (QED) is 0.781. The summed E-state index contributed by atoms with van der Waals surface area (Å²) >= 11 is 0. The van der Waals surface area contributed by atoms with Crippen LogP contribution in [0, 0.1) is 0 Å². The van der Waals surface area contributed by atoms with E-state index in [-0.39, 0.29) is 0 Å². The van der Waals surface area contributed by atoms with Crippen molar-refractivity contribution in [3.05, 3.63) is 11.9 Å². The van der Waals surface area contributed by atoms with E-state index in [2.05, 4.69) is 42.0 Å². The van der Waals surface area contributed by atoms with Gasteiger partial charge >= 0.3 is 0 Å². The van der Waals surface area contributed by atoms with Crippen LogP contribution in [0.5, 0.6) is 0 Å². The molecule has 1 N–H and O–H groups in total. The van der Waals surface area contributed by atoms with Gasteiger partial charge in [0.2, 0.25) is 0 Å². The van der Waals surface area contributed by atoms with Gasteiger partial charge in [-0.1, -0.05) is 20.3 Å². The zero-order valence-electron chi connectivity index (χ0n) is 12.4. The van der Waals surface area contributed by atoms with Crippen molar-refractivity contribution >= 4 is 11.6 Å². The molecule has 1 saturated carbocycles. The summed E-state index contributed by atoms with van der Waals surface area (Å²) in [6.07, 6.45) is 5.98. The van der Waals surface area contributed by atoms with Gasteiger partial charge in [0.15, 0.2) is 0 Å². The first-order chi connectivity index (χ1) is 9.28. The molecular formula is C15H26N4. The first-order valence-electron chi connectivity index (χ1n) is 7.66. The molecule has 1 aliphatic carbocycles. The number of hydrogen-bond acceptors (Lipinski definition) is 4. The minimum atomic E-state index is 0.709. The maximum absolute atomic E-state index is 4.72. The number of aryl methyl sites for hydroxylation is 1. The summed E-state index contributed by atoms with van der Waals surface area (Å²) in [6.45, 7) is 8.48. The third-order valence-electron chi connectivity index (χ3n) is 3.47. The van der Waals surface area contributed by atoms with Gasteiger partial charge in [-0.05, 0) is 26.2 Å². The Morgan fingerprint density at radius 1 is 1.26 bits per heavy atom. The maximum atomic E-state index is 4.72. The van der Waals surface area contributed by atoms with E-state index in [1.807, 2.05) is 0 Å². The first-order valence-corrected chi connectivity index (χ1v) is 7.66. The molecule has 0 atom stereocenters. The van der Waals surface area contributed by atoms with E-state index in [1.54, 1.807) is 0 Å². The normalized spacial score (nSPS) is 14.5. The Hall–Kier alpha value is -1.32. The second-order valence-electron chi connectivity index (χ2n) is 5.19. The van der Waals surface area contributed by atoms with Gasteiger partial charge in [-0.15, -0.1) is 0 Å². The number of anilines is 2.